The van der Waals surface area contributed by atoms with Crippen molar-refractivity contribution < 1.29 is 15.0 Å². The van der Waals surface area contributed by atoms with Crippen LogP contribution in [0.2, 0.25) is 0 Å². The predicted molar refractivity (Wildman–Crippen MR) is 79.2 cm³/mol. The monoisotopic (exact) mass is 272 g/mol. The third kappa shape index (κ3) is 11.0. The summed E-state index contributed by atoms with van der Waals surface area (Å²) in [5.41, 5.74) is 0. The van der Waals surface area contributed by atoms with Gasteiger partial charge in [0.05, 0.1) is 12.0 Å². The van der Waals surface area contributed by atoms with Gasteiger partial charge in [0.2, 0.25) is 0 Å². The first-order valence-electron chi connectivity index (χ1n) is 7.86. The Kier molecular flexibility index (Phi) is 10.9. The highest BCUT2D eigenvalue weighted by Gasteiger charge is 2.20. The van der Waals surface area contributed by atoms with Gasteiger partial charge in [0.25, 0.3) is 0 Å². The Hall–Kier alpha value is -0.570. The smallest absolute Gasteiger partial charge is 0.308 e. The summed E-state index contributed by atoms with van der Waals surface area (Å²) in [5.74, 6) is -0.730. The second-order valence-corrected chi connectivity index (χ2v) is 6.14. The van der Waals surface area contributed by atoms with E-state index in [0.717, 1.165) is 18.8 Å². The summed E-state index contributed by atoms with van der Waals surface area (Å²) in [4.78, 5) is 10.7. The van der Waals surface area contributed by atoms with Gasteiger partial charge >= 0.3 is 5.97 Å². The van der Waals surface area contributed by atoms with Gasteiger partial charge in [-0.15, -0.1) is 0 Å². The lowest BCUT2D eigenvalue weighted by Crippen LogP contribution is -2.25. The number of carboxylic acid groups (broad SMARTS) is 1. The van der Waals surface area contributed by atoms with Gasteiger partial charge in [0.15, 0.2) is 0 Å². The molecule has 2 N–H and O–H groups in total. The molecule has 0 bridgehead atoms. The zero-order chi connectivity index (χ0) is 14.7. The topological polar surface area (TPSA) is 57.5 Å². The second kappa shape index (κ2) is 11.3. The maximum atomic E-state index is 10.7. The fourth-order valence-corrected chi connectivity index (χ4v) is 2.20. The van der Waals surface area contributed by atoms with Crippen molar-refractivity contribution in [1.29, 1.82) is 0 Å². The number of aliphatic hydroxyl groups excluding tert-OH is 1. The van der Waals surface area contributed by atoms with E-state index in [2.05, 4.69) is 13.8 Å². The maximum absolute atomic E-state index is 10.7. The number of carbonyl (C=O) groups is 1. The van der Waals surface area contributed by atoms with Crippen LogP contribution >= 0.6 is 0 Å². The molecular weight excluding hydrogens is 240 g/mol. The summed E-state index contributed by atoms with van der Waals surface area (Å²) < 4.78 is 0. The normalized spacial score (nSPS) is 14.6. The Labute approximate surface area is 118 Å². The highest BCUT2D eigenvalue weighted by Crippen LogP contribution is 2.15. The van der Waals surface area contributed by atoms with Crippen molar-refractivity contribution in [3.63, 3.8) is 0 Å². The van der Waals surface area contributed by atoms with E-state index in [0.29, 0.717) is 6.42 Å². The second-order valence-electron chi connectivity index (χ2n) is 6.14. The van der Waals surface area contributed by atoms with E-state index in [4.69, 9.17) is 5.11 Å². The van der Waals surface area contributed by atoms with Crippen molar-refractivity contribution in [3.05, 3.63) is 0 Å². The Morgan fingerprint density at radius 1 is 0.842 bits per heavy atom. The summed E-state index contributed by atoms with van der Waals surface area (Å²) >= 11 is 0. The first-order valence-corrected chi connectivity index (χ1v) is 7.86. The van der Waals surface area contributed by atoms with E-state index in [1.165, 1.54) is 38.5 Å². The molecule has 0 radical (unpaired) electrons. The first kappa shape index (κ1) is 18.4. The van der Waals surface area contributed by atoms with Crippen LogP contribution in [-0.2, 0) is 4.79 Å². The zero-order valence-corrected chi connectivity index (χ0v) is 12.9. The molecule has 0 saturated heterocycles. The molecule has 0 aromatic heterocycles. The van der Waals surface area contributed by atoms with Gasteiger partial charge in [-0.05, 0) is 19.3 Å². The van der Waals surface area contributed by atoms with Crippen LogP contribution in [0.25, 0.3) is 0 Å². The molecule has 1 unspecified atom stereocenters. The fourth-order valence-electron chi connectivity index (χ4n) is 2.20. The van der Waals surface area contributed by atoms with Crippen LogP contribution in [0, 0.1) is 11.8 Å². The van der Waals surface area contributed by atoms with Crippen LogP contribution in [0.1, 0.15) is 78.6 Å². The van der Waals surface area contributed by atoms with E-state index in [1.807, 2.05) is 0 Å². The maximum Gasteiger partial charge on any atom is 0.308 e. The minimum Gasteiger partial charge on any atom is -0.481 e. The molecule has 0 aliphatic carbocycles. The van der Waals surface area contributed by atoms with Crippen molar-refractivity contribution >= 4 is 5.97 Å². The Morgan fingerprint density at radius 2 is 1.26 bits per heavy atom. The molecule has 0 rings (SSSR count). The van der Waals surface area contributed by atoms with Crippen molar-refractivity contribution in [1.82, 2.24) is 0 Å². The van der Waals surface area contributed by atoms with E-state index in [9.17, 15) is 9.90 Å². The number of aliphatic carboxylic acids is 1. The number of carboxylic acids is 1. The molecule has 2 atom stereocenters. The van der Waals surface area contributed by atoms with Gasteiger partial charge < -0.3 is 10.2 Å². The number of aliphatic hydroxyl groups is 1. The highest BCUT2D eigenvalue weighted by molar-refractivity contribution is 5.70. The van der Waals surface area contributed by atoms with Gasteiger partial charge in [0.1, 0.15) is 0 Å². The minimum absolute atomic E-state index is 0.612. The molecule has 19 heavy (non-hydrogen) atoms. The average molecular weight is 272 g/mol. The Balaban J connectivity index is 3.29. The summed E-state index contributed by atoms with van der Waals surface area (Å²) in [6.45, 7) is 6.11. The minimum atomic E-state index is -0.905. The lowest BCUT2D eigenvalue weighted by Gasteiger charge is -2.14. The highest BCUT2D eigenvalue weighted by atomic mass is 16.4. The number of hydrogen-bond donors (Lipinski definition) is 2. The standard InChI is InChI=1S/C16H32O3/c1-13(2)11-9-7-5-4-6-8-10-12-15(17)14(3)16(18)19/h13-15,17H,4-12H2,1-3H3,(H,18,19)/t14?,15-/m1/s1. The lowest BCUT2D eigenvalue weighted by atomic mass is 9.98. The molecule has 0 aromatic carbocycles. The molecule has 3 heteroatoms. The number of rotatable bonds is 12. The SMILES string of the molecule is CC(C)CCCCCCCCC[C@@H](O)C(C)C(=O)O. The molecule has 0 amide bonds. The largest absolute Gasteiger partial charge is 0.481 e. The zero-order valence-electron chi connectivity index (χ0n) is 12.9. The van der Waals surface area contributed by atoms with Gasteiger partial charge in [-0.1, -0.05) is 65.2 Å². The average Bonchev–Trinajstić information content (AvgIpc) is 2.35. The van der Waals surface area contributed by atoms with Crippen molar-refractivity contribution in [2.45, 2.75) is 84.7 Å². The number of unbranched alkanes of at least 4 members (excludes halogenated alkanes) is 6. The van der Waals surface area contributed by atoms with Crippen LogP contribution in [0.15, 0.2) is 0 Å². The molecule has 0 fully saturated rings. The first-order chi connectivity index (χ1) is 8.95. The molecule has 0 aromatic rings. The Bertz CT molecular complexity index is 226. The van der Waals surface area contributed by atoms with Crippen LogP contribution in [0.5, 0.6) is 0 Å². The van der Waals surface area contributed by atoms with Gasteiger partial charge in [-0.2, -0.15) is 0 Å². The van der Waals surface area contributed by atoms with Crippen molar-refractivity contribution in [2.24, 2.45) is 11.8 Å². The van der Waals surface area contributed by atoms with E-state index >= 15 is 0 Å². The summed E-state index contributed by atoms with van der Waals surface area (Å²) in [6.07, 6.45) is 9.74. The van der Waals surface area contributed by atoms with Crippen LogP contribution < -0.4 is 0 Å². The summed E-state index contributed by atoms with van der Waals surface area (Å²) in [6, 6.07) is 0. The molecule has 0 spiro atoms. The predicted octanol–water partition coefficient (Wildman–Crippen LogP) is 4.23. The van der Waals surface area contributed by atoms with Crippen LogP contribution in [0.4, 0.5) is 0 Å². The van der Waals surface area contributed by atoms with Crippen molar-refractivity contribution in [2.75, 3.05) is 0 Å². The van der Waals surface area contributed by atoms with E-state index < -0.39 is 18.0 Å². The molecule has 3 nitrogen and oxygen atoms in total. The van der Waals surface area contributed by atoms with E-state index in [1.54, 1.807) is 6.92 Å². The summed E-state index contributed by atoms with van der Waals surface area (Å²) in [7, 11) is 0. The summed E-state index contributed by atoms with van der Waals surface area (Å²) in [5, 5.41) is 18.4. The van der Waals surface area contributed by atoms with Crippen LogP contribution in [-0.4, -0.2) is 22.3 Å². The van der Waals surface area contributed by atoms with Crippen molar-refractivity contribution in [3.8, 4) is 0 Å². The third-order valence-corrected chi connectivity index (χ3v) is 3.75. The fraction of sp³-hybridized carbons (Fsp3) is 0.938. The van der Waals surface area contributed by atoms with Gasteiger partial charge in [0, 0.05) is 0 Å². The van der Waals surface area contributed by atoms with Crippen LogP contribution in [0.3, 0.4) is 0 Å². The molecular formula is C16H32O3. The van der Waals surface area contributed by atoms with Gasteiger partial charge in [-0.25, -0.2) is 0 Å². The van der Waals surface area contributed by atoms with E-state index in [-0.39, 0.29) is 0 Å². The molecule has 0 saturated carbocycles. The molecule has 114 valence electrons. The van der Waals surface area contributed by atoms with Gasteiger partial charge in [-0.3, -0.25) is 4.79 Å². The Morgan fingerprint density at radius 3 is 1.68 bits per heavy atom. The lowest BCUT2D eigenvalue weighted by molar-refractivity contribution is -0.144. The number of hydrogen-bond acceptors (Lipinski definition) is 2. The molecule has 0 heterocycles. The molecule has 0 aliphatic rings. The third-order valence-electron chi connectivity index (χ3n) is 3.75. The quantitative estimate of drug-likeness (QED) is 0.523. The molecule has 0 aliphatic heterocycles.